The van der Waals surface area contributed by atoms with Crippen molar-refractivity contribution < 1.29 is 4.79 Å². The highest BCUT2D eigenvalue weighted by molar-refractivity contribution is 9.10. The number of Topliss-reactive ketones (excluding diaryl/α,β-unsaturated/α-hetero) is 1. The van der Waals surface area contributed by atoms with E-state index >= 15 is 0 Å². The van der Waals surface area contributed by atoms with Crippen molar-refractivity contribution in [1.82, 2.24) is 4.98 Å². The molecule has 1 N–H and O–H groups in total. The zero-order valence-corrected chi connectivity index (χ0v) is 16.1. The third-order valence-electron chi connectivity index (χ3n) is 2.21. The maximum Gasteiger partial charge on any atom is 0.188 e. The minimum absolute atomic E-state index is 0. The molecule has 1 aromatic carbocycles. The van der Waals surface area contributed by atoms with Crippen molar-refractivity contribution in [2.75, 3.05) is 5.32 Å². The van der Waals surface area contributed by atoms with Crippen molar-refractivity contribution in [3.05, 3.63) is 39.3 Å². The first-order valence-corrected chi connectivity index (χ1v) is 6.68. The third-order valence-corrected chi connectivity index (χ3v) is 3.91. The van der Waals surface area contributed by atoms with Crippen LogP contribution in [0.3, 0.4) is 0 Å². The standard InChI is InChI=1S/C12H11BrN2OS.2BrH/c1-7-11(8(2)16)17-12(14-7)15-10-5-3-9(13)4-6-10;;/h3-6H,1-2H3,(H,14,15);2*1H. The number of aromatic nitrogens is 1. The van der Waals surface area contributed by atoms with Crippen LogP contribution in [0.1, 0.15) is 22.3 Å². The van der Waals surface area contributed by atoms with Crippen molar-refractivity contribution in [3.63, 3.8) is 0 Å². The highest BCUT2D eigenvalue weighted by Crippen LogP contribution is 2.26. The molecule has 0 unspecified atom stereocenters. The van der Waals surface area contributed by atoms with Crippen molar-refractivity contribution in [2.24, 2.45) is 0 Å². The first-order chi connectivity index (χ1) is 8.06. The highest BCUT2D eigenvalue weighted by Gasteiger charge is 2.11. The van der Waals surface area contributed by atoms with Crippen molar-refractivity contribution >= 4 is 77.8 Å². The minimum Gasteiger partial charge on any atom is -0.332 e. The van der Waals surface area contributed by atoms with Gasteiger partial charge in [-0.25, -0.2) is 4.98 Å². The van der Waals surface area contributed by atoms with E-state index in [0.29, 0.717) is 4.88 Å². The molecule has 2 rings (SSSR count). The summed E-state index contributed by atoms with van der Waals surface area (Å²) in [5.74, 6) is 0.0591. The molecular formula is C12H13Br3N2OS. The second-order valence-electron chi connectivity index (χ2n) is 3.62. The van der Waals surface area contributed by atoms with E-state index in [9.17, 15) is 4.79 Å². The van der Waals surface area contributed by atoms with E-state index in [1.165, 1.54) is 11.3 Å². The summed E-state index contributed by atoms with van der Waals surface area (Å²) in [6.45, 7) is 3.41. The fourth-order valence-corrected chi connectivity index (χ4v) is 2.58. The lowest BCUT2D eigenvalue weighted by atomic mass is 10.3. The second-order valence-corrected chi connectivity index (χ2v) is 5.54. The summed E-state index contributed by atoms with van der Waals surface area (Å²) >= 11 is 4.76. The third kappa shape index (κ3) is 4.98. The Morgan fingerprint density at radius 1 is 1.26 bits per heavy atom. The first-order valence-electron chi connectivity index (χ1n) is 5.07. The number of rotatable bonds is 3. The number of hydrogen-bond donors (Lipinski definition) is 1. The number of carbonyl (C=O) groups is 1. The van der Waals surface area contributed by atoms with Gasteiger partial charge >= 0.3 is 0 Å². The monoisotopic (exact) mass is 470 g/mol. The predicted molar refractivity (Wildman–Crippen MR) is 94.9 cm³/mol. The molecular weight excluding hydrogens is 460 g/mol. The van der Waals surface area contributed by atoms with Crippen LogP contribution in [0.5, 0.6) is 0 Å². The molecule has 0 spiro atoms. The molecule has 0 saturated heterocycles. The van der Waals surface area contributed by atoms with Crippen molar-refractivity contribution in [3.8, 4) is 0 Å². The largest absolute Gasteiger partial charge is 0.332 e. The molecule has 2 aromatic rings. The van der Waals surface area contributed by atoms with Crippen LogP contribution in [0.25, 0.3) is 0 Å². The molecule has 19 heavy (non-hydrogen) atoms. The minimum atomic E-state index is 0. The first kappa shape index (κ1) is 18.8. The lowest BCUT2D eigenvalue weighted by Crippen LogP contribution is -1.90. The lowest BCUT2D eigenvalue weighted by Gasteiger charge is -2.01. The Morgan fingerprint density at radius 2 is 1.84 bits per heavy atom. The zero-order valence-electron chi connectivity index (χ0n) is 10.3. The van der Waals surface area contributed by atoms with Gasteiger partial charge in [-0.1, -0.05) is 27.3 Å². The molecule has 1 aromatic heterocycles. The van der Waals surface area contributed by atoms with Gasteiger partial charge in [0.15, 0.2) is 10.9 Å². The van der Waals surface area contributed by atoms with Crippen molar-refractivity contribution in [2.45, 2.75) is 13.8 Å². The van der Waals surface area contributed by atoms with Gasteiger partial charge in [0.1, 0.15) is 0 Å². The molecule has 0 fully saturated rings. The van der Waals surface area contributed by atoms with E-state index in [-0.39, 0.29) is 39.7 Å². The van der Waals surface area contributed by atoms with Crippen LogP contribution in [-0.4, -0.2) is 10.8 Å². The number of thiazole rings is 1. The fraction of sp³-hybridized carbons (Fsp3) is 0.167. The highest BCUT2D eigenvalue weighted by atomic mass is 79.9. The molecule has 0 bridgehead atoms. The van der Waals surface area contributed by atoms with E-state index in [1.807, 2.05) is 31.2 Å². The van der Waals surface area contributed by atoms with Gasteiger partial charge in [0, 0.05) is 17.1 Å². The topological polar surface area (TPSA) is 42.0 Å². The Kier molecular flexibility index (Phi) is 8.03. The van der Waals surface area contributed by atoms with Crippen LogP contribution in [0.15, 0.2) is 28.7 Å². The average molecular weight is 473 g/mol. The maximum atomic E-state index is 11.3. The van der Waals surface area contributed by atoms with E-state index in [2.05, 4.69) is 26.2 Å². The van der Waals surface area contributed by atoms with E-state index in [0.717, 1.165) is 21.0 Å². The Hall–Kier alpha value is -0.240. The molecule has 0 aliphatic carbocycles. The SMILES string of the molecule is Br.Br.CC(=O)c1sc(Nc2ccc(Br)cc2)nc1C. The van der Waals surface area contributed by atoms with Gasteiger partial charge in [0.2, 0.25) is 0 Å². The summed E-state index contributed by atoms with van der Waals surface area (Å²) < 4.78 is 1.03. The summed E-state index contributed by atoms with van der Waals surface area (Å²) in [4.78, 5) is 16.4. The number of halogens is 3. The summed E-state index contributed by atoms with van der Waals surface area (Å²) in [7, 11) is 0. The van der Waals surface area contributed by atoms with E-state index < -0.39 is 0 Å². The molecule has 1 heterocycles. The number of carbonyl (C=O) groups excluding carboxylic acids is 1. The molecule has 0 aliphatic rings. The number of aryl methyl sites for hydroxylation is 1. The van der Waals surface area contributed by atoms with Crippen molar-refractivity contribution in [1.29, 1.82) is 0 Å². The molecule has 0 aliphatic heterocycles. The van der Waals surface area contributed by atoms with Gasteiger partial charge in [0.05, 0.1) is 10.6 Å². The summed E-state index contributed by atoms with van der Waals surface area (Å²) in [5.41, 5.74) is 1.74. The van der Waals surface area contributed by atoms with Gasteiger partial charge < -0.3 is 5.32 Å². The predicted octanol–water partition coefficient (Wildman–Crippen LogP) is 5.32. The van der Waals surface area contributed by atoms with Crippen LogP contribution < -0.4 is 5.32 Å². The molecule has 104 valence electrons. The lowest BCUT2D eigenvalue weighted by molar-refractivity contribution is 0.102. The normalized spacial score (nSPS) is 9.21. The van der Waals surface area contributed by atoms with Crippen LogP contribution in [0, 0.1) is 6.92 Å². The summed E-state index contributed by atoms with van der Waals surface area (Å²) in [6.07, 6.45) is 0. The maximum absolute atomic E-state index is 11.3. The Labute approximate surface area is 145 Å². The fourth-order valence-electron chi connectivity index (χ4n) is 1.43. The van der Waals surface area contributed by atoms with Gasteiger partial charge in [-0.05, 0) is 31.2 Å². The number of hydrogen-bond acceptors (Lipinski definition) is 4. The smallest absolute Gasteiger partial charge is 0.188 e. The number of benzene rings is 1. The summed E-state index contributed by atoms with van der Waals surface area (Å²) in [6, 6.07) is 7.81. The van der Waals surface area contributed by atoms with Crippen LogP contribution in [-0.2, 0) is 0 Å². The Balaban J connectivity index is 0.00000162. The van der Waals surface area contributed by atoms with Gasteiger partial charge in [-0.2, -0.15) is 0 Å². The number of nitrogens with zero attached hydrogens (tertiary/aromatic N) is 1. The molecule has 0 saturated carbocycles. The van der Waals surface area contributed by atoms with Gasteiger partial charge in [0.25, 0.3) is 0 Å². The van der Waals surface area contributed by atoms with Gasteiger partial charge in [-0.3, -0.25) is 4.79 Å². The van der Waals surface area contributed by atoms with E-state index in [1.54, 1.807) is 6.92 Å². The second kappa shape index (κ2) is 8.14. The van der Waals surface area contributed by atoms with Crippen LogP contribution in [0.2, 0.25) is 0 Å². The molecule has 0 amide bonds. The molecule has 7 heteroatoms. The molecule has 0 atom stereocenters. The quantitative estimate of drug-likeness (QED) is 0.615. The zero-order chi connectivity index (χ0) is 12.4. The van der Waals surface area contributed by atoms with Gasteiger partial charge in [-0.15, -0.1) is 34.0 Å². The Morgan fingerprint density at radius 3 is 2.32 bits per heavy atom. The number of ketones is 1. The average Bonchev–Trinajstić information content (AvgIpc) is 2.63. The summed E-state index contributed by atoms with van der Waals surface area (Å²) in [5, 5.41) is 3.93. The number of nitrogens with one attached hydrogen (secondary N) is 1. The van der Waals surface area contributed by atoms with E-state index in [4.69, 9.17) is 0 Å². The van der Waals surface area contributed by atoms with Crippen LogP contribution in [0.4, 0.5) is 10.8 Å². The van der Waals surface area contributed by atoms with Crippen LogP contribution >= 0.6 is 61.2 Å². The number of anilines is 2. The molecule has 0 radical (unpaired) electrons. The Bertz CT molecular complexity index is 555. The molecule has 3 nitrogen and oxygen atoms in total.